The Kier molecular flexibility index (Phi) is 3.18. The van der Waals surface area contributed by atoms with Crippen LogP contribution in [0.15, 0.2) is 16.6 Å². The molecule has 0 aliphatic heterocycles. The van der Waals surface area contributed by atoms with Gasteiger partial charge in [0.2, 0.25) is 0 Å². The first-order chi connectivity index (χ1) is 6.15. The van der Waals surface area contributed by atoms with Gasteiger partial charge in [-0.1, -0.05) is 0 Å². The van der Waals surface area contributed by atoms with Crippen molar-refractivity contribution in [1.29, 1.82) is 0 Å². The van der Waals surface area contributed by atoms with Gasteiger partial charge in [0.15, 0.2) is 0 Å². The van der Waals surface area contributed by atoms with E-state index in [-0.39, 0.29) is 11.7 Å². The molecule has 0 aromatic carbocycles. The molecule has 0 atom stereocenters. The van der Waals surface area contributed by atoms with Crippen molar-refractivity contribution < 1.29 is 9.66 Å². The van der Waals surface area contributed by atoms with E-state index in [1.54, 1.807) is 6.92 Å². The zero-order valence-electron chi connectivity index (χ0n) is 6.86. The van der Waals surface area contributed by atoms with Crippen molar-refractivity contribution in [3.05, 3.63) is 26.7 Å². The number of ether oxygens (including phenoxy) is 1. The molecule has 0 spiro atoms. The number of rotatable bonds is 3. The number of halogens is 1. The largest absolute Gasteiger partial charge is 0.459 e. The minimum atomic E-state index is -0.561. The highest BCUT2D eigenvalue weighted by atomic mass is 79.9. The first kappa shape index (κ1) is 9.91. The van der Waals surface area contributed by atoms with Crippen molar-refractivity contribution in [3.63, 3.8) is 0 Å². The van der Waals surface area contributed by atoms with E-state index in [1.165, 1.54) is 12.1 Å². The van der Waals surface area contributed by atoms with Crippen LogP contribution in [0.5, 0.6) is 5.88 Å². The molecule has 0 radical (unpaired) electrons. The summed E-state index contributed by atoms with van der Waals surface area (Å²) in [6, 6.07) is 2.85. The van der Waals surface area contributed by atoms with Crippen molar-refractivity contribution >= 4 is 21.7 Å². The van der Waals surface area contributed by atoms with Gasteiger partial charge in [-0.3, -0.25) is 0 Å². The molecule has 0 N–H and O–H groups in total. The lowest BCUT2D eigenvalue weighted by atomic mass is 10.4. The fourth-order valence-corrected chi connectivity index (χ4v) is 1.09. The van der Waals surface area contributed by atoms with Crippen molar-refractivity contribution in [2.75, 3.05) is 6.61 Å². The standard InChI is InChI=1S/C7H7BrN2O3/c1-2-13-7-5(8)3-4-6(9-7)10(11)12/h3-4H,2H2,1H3. The maximum atomic E-state index is 10.3. The van der Waals surface area contributed by atoms with Crippen molar-refractivity contribution in [2.24, 2.45) is 0 Å². The molecule has 13 heavy (non-hydrogen) atoms. The summed E-state index contributed by atoms with van der Waals surface area (Å²) in [5.74, 6) is 0.0309. The van der Waals surface area contributed by atoms with Gasteiger partial charge in [0.1, 0.15) is 4.47 Å². The van der Waals surface area contributed by atoms with Gasteiger partial charge in [-0.2, -0.15) is 0 Å². The second kappa shape index (κ2) is 4.18. The molecule has 0 aliphatic carbocycles. The molecule has 0 fully saturated rings. The maximum absolute atomic E-state index is 10.3. The first-order valence-corrected chi connectivity index (χ1v) is 4.38. The smallest absolute Gasteiger partial charge is 0.367 e. The van der Waals surface area contributed by atoms with Crippen LogP contribution in [-0.2, 0) is 0 Å². The van der Waals surface area contributed by atoms with Crippen LogP contribution in [0.4, 0.5) is 5.82 Å². The molecule has 5 nitrogen and oxygen atoms in total. The Morgan fingerprint density at radius 3 is 2.92 bits per heavy atom. The molecule has 1 heterocycles. The Labute approximate surface area is 83.0 Å². The Balaban J connectivity index is 3.03. The molecule has 0 bridgehead atoms. The third-order valence-corrected chi connectivity index (χ3v) is 1.87. The van der Waals surface area contributed by atoms with Crippen LogP contribution in [0.1, 0.15) is 6.92 Å². The number of nitro groups is 1. The highest BCUT2D eigenvalue weighted by molar-refractivity contribution is 9.10. The Morgan fingerprint density at radius 2 is 2.38 bits per heavy atom. The summed E-state index contributed by atoms with van der Waals surface area (Å²) < 4.78 is 5.68. The Hall–Kier alpha value is -1.17. The molecule has 0 unspecified atom stereocenters. The third kappa shape index (κ3) is 2.38. The van der Waals surface area contributed by atoms with Crippen LogP contribution in [0.2, 0.25) is 0 Å². The van der Waals surface area contributed by atoms with Crippen LogP contribution in [0.25, 0.3) is 0 Å². The SMILES string of the molecule is CCOc1nc([N+](=O)[O-])ccc1Br. The van der Waals surface area contributed by atoms with E-state index in [4.69, 9.17) is 4.74 Å². The van der Waals surface area contributed by atoms with E-state index in [9.17, 15) is 10.1 Å². The summed E-state index contributed by atoms with van der Waals surface area (Å²) in [6.07, 6.45) is 0. The minimum Gasteiger partial charge on any atom is -0.459 e. The van der Waals surface area contributed by atoms with Gasteiger partial charge in [-0.15, -0.1) is 0 Å². The van der Waals surface area contributed by atoms with E-state index in [1.807, 2.05) is 0 Å². The number of hydrogen-bond donors (Lipinski definition) is 0. The van der Waals surface area contributed by atoms with Gasteiger partial charge >= 0.3 is 11.7 Å². The van der Waals surface area contributed by atoms with E-state index in [0.717, 1.165) is 0 Å². The summed E-state index contributed by atoms with van der Waals surface area (Å²) in [4.78, 5) is 13.5. The highest BCUT2D eigenvalue weighted by Crippen LogP contribution is 2.24. The average Bonchev–Trinajstić information content (AvgIpc) is 2.08. The lowest BCUT2D eigenvalue weighted by Crippen LogP contribution is -1.98. The lowest BCUT2D eigenvalue weighted by Gasteiger charge is -1.99. The van der Waals surface area contributed by atoms with E-state index < -0.39 is 4.92 Å². The molecule has 0 saturated carbocycles. The lowest BCUT2D eigenvalue weighted by molar-refractivity contribution is -0.389. The van der Waals surface area contributed by atoms with E-state index in [0.29, 0.717) is 11.1 Å². The summed E-state index contributed by atoms with van der Waals surface area (Å²) in [7, 11) is 0. The predicted octanol–water partition coefficient (Wildman–Crippen LogP) is 2.15. The summed E-state index contributed by atoms with van der Waals surface area (Å²) in [5, 5.41) is 10.3. The minimum absolute atomic E-state index is 0.216. The fraction of sp³-hybridized carbons (Fsp3) is 0.286. The average molecular weight is 247 g/mol. The van der Waals surface area contributed by atoms with Gasteiger partial charge in [0, 0.05) is 11.1 Å². The first-order valence-electron chi connectivity index (χ1n) is 3.59. The van der Waals surface area contributed by atoms with Crippen molar-refractivity contribution in [3.8, 4) is 5.88 Å². The van der Waals surface area contributed by atoms with Gasteiger partial charge < -0.3 is 14.9 Å². The molecule has 0 saturated heterocycles. The molecular formula is C7H7BrN2O3. The molecule has 1 rings (SSSR count). The van der Waals surface area contributed by atoms with Gasteiger partial charge in [0.25, 0.3) is 0 Å². The zero-order valence-corrected chi connectivity index (χ0v) is 8.44. The van der Waals surface area contributed by atoms with Crippen LogP contribution in [0, 0.1) is 10.1 Å². The molecule has 70 valence electrons. The quantitative estimate of drug-likeness (QED) is 0.606. The summed E-state index contributed by atoms with van der Waals surface area (Å²) in [5.41, 5.74) is 0. The van der Waals surface area contributed by atoms with Crippen LogP contribution >= 0.6 is 15.9 Å². The monoisotopic (exact) mass is 246 g/mol. The van der Waals surface area contributed by atoms with Crippen molar-refractivity contribution in [2.45, 2.75) is 6.92 Å². The van der Waals surface area contributed by atoms with E-state index >= 15 is 0 Å². The Bertz CT molecular complexity index is 330. The van der Waals surface area contributed by atoms with Crippen LogP contribution in [0.3, 0.4) is 0 Å². The molecule has 6 heteroatoms. The van der Waals surface area contributed by atoms with Crippen molar-refractivity contribution in [1.82, 2.24) is 4.98 Å². The van der Waals surface area contributed by atoms with Crippen LogP contribution in [-0.4, -0.2) is 16.5 Å². The summed E-state index contributed by atoms with van der Waals surface area (Å²) in [6.45, 7) is 2.21. The van der Waals surface area contributed by atoms with Gasteiger partial charge in [0.05, 0.1) is 6.61 Å². The maximum Gasteiger partial charge on any atom is 0.367 e. The number of pyridine rings is 1. The fourth-order valence-electron chi connectivity index (χ4n) is 0.753. The molecule has 0 amide bonds. The zero-order chi connectivity index (χ0) is 9.84. The number of hydrogen-bond acceptors (Lipinski definition) is 4. The molecule has 0 aliphatic rings. The highest BCUT2D eigenvalue weighted by Gasteiger charge is 2.14. The van der Waals surface area contributed by atoms with Crippen LogP contribution < -0.4 is 4.74 Å². The van der Waals surface area contributed by atoms with E-state index in [2.05, 4.69) is 20.9 Å². The third-order valence-electron chi connectivity index (χ3n) is 1.27. The van der Waals surface area contributed by atoms with Gasteiger partial charge in [-0.05, 0) is 33.8 Å². The second-order valence-electron chi connectivity index (χ2n) is 2.15. The normalized spacial score (nSPS) is 9.69. The Morgan fingerprint density at radius 1 is 1.69 bits per heavy atom. The topological polar surface area (TPSA) is 65.3 Å². The molecular weight excluding hydrogens is 240 g/mol. The van der Waals surface area contributed by atoms with Gasteiger partial charge in [-0.25, -0.2) is 0 Å². The number of aromatic nitrogens is 1. The molecule has 1 aromatic heterocycles. The predicted molar refractivity (Wildman–Crippen MR) is 49.8 cm³/mol. The second-order valence-corrected chi connectivity index (χ2v) is 3.00. The summed E-state index contributed by atoms with van der Waals surface area (Å²) >= 11 is 3.17. The number of nitrogens with zero attached hydrogens (tertiary/aromatic N) is 2. The molecule has 1 aromatic rings.